The standard InChI is InChI=1S/C16H17NO6S/c1-21-13-7-11(4-6-15(19)22-2)3-5-12(13)23-16(20)8-17-10-24-9-14(17)18/h3-7H,8-10H2,1-2H3/b6-4+. The van der Waals surface area contributed by atoms with Gasteiger partial charge in [-0.15, -0.1) is 11.8 Å². The van der Waals surface area contributed by atoms with E-state index in [1.54, 1.807) is 24.3 Å². The van der Waals surface area contributed by atoms with Crippen LogP contribution in [0, 0.1) is 0 Å². The zero-order valence-corrected chi connectivity index (χ0v) is 14.1. The molecule has 0 spiro atoms. The fraction of sp³-hybridized carbons (Fsp3) is 0.312. The number of amides is 1. The number of carbonyl (C=O) groups excluding carboxylic acids is 3. The minimum Gasteiger partial charge on any atom is -0.493 e. The number of esters is 2. The van der Waals surface area contributed by atoms with Crippen molar-refractivity contribution < 1.29 is 28.6 Å². The zero-order valence-electron chi connectivity index (χ0n) is 13.3. The summed E-state index contributed by atoms with van der Waals surface area (Å²) in [5.41, 5.74) is 0.683. The van der Waals surface area contributed by atoms with E-state index in [0.717, 1.165) is 0 Å². The maximum absolute atomic E-state index is 12.0. The van der Waals surface area contributed by atoms with Gasteiger partial charge in [0.25, 0.3) is 0 Å². The Morgan fingerprint density at radius 1 is 1.29 bits per heavy atom. The van der Waals surface area contributed by atoms with E-state index >= 15 is 0 Å². The van der Waals surface area contributed by atoms with Crippen LogP contribution >= 0.6 is 11.8 Å². The maximum atomic E-state index is 12.0. The predicted molar refractivity (Wildman–Crippen MR) is 88.7 cm³/mol. The van der Waals surface area contributed by atoms with Gasteiger partial charge in [-0.25, -0.2) is 9.59 Å². The molecule has 1 aliphatic rings. The largest absolute Gasteiger partial charge is 0.493 e. The van der Waals surface area contributed by atoms with Gasteiger partial charge in [-0.05, 0) is 23.8 Å². The topological polar surface area (TPSA) is 82.1 Å². The average Bonchev–Trinajstić information content (AvgIpc) is 2.98. The van der Waals surface area contributed by atoms with Gasteiger partial charge in [-0.2, -0.15) is 0 Å². The fourth-order valence-electron chi connectivity index (χ4n) is 1.96. The van der Waals surface area contributed by atoms with Gasteiger partial charge in [-0.3, -0.25) is 4.79 Å². The van der Waals surface area contributed by atoms with Gasteiger partial charge in [-0.1, -0.05) is 6.07 Å². The Morgan fingerprint density at radius 3 is 2.71 bits per heavy atom. The second-order valence-corrected chi connectivity index (χ2v) is 5.77. The molecule has 1 heterocycles. The van der Waals surface area contributed by atoms with Crippen molar-refractivity contribution in [1.82, 2.24) is 4.90 Å². The van der Waals surface area contributed by atoms with Gasteiger partial charge >= 0.3 is 11.9 Å². The first-order valence-corrected chi connectivity index (χ1v) is 8.19. The van der Waals surface area contributed by atoms with Gasteiger partial charge < -0.3 is 19.1 Å². The lowest BCUT2D eigenvalue weighted by Crippen LogP contribution is -2.33. The van der Waals surface area contributed by atoms with E-state index in [1.165, 1.54) is 37.0 Å². The lowest BCUT2D eigenvalue weighted by molar-refractivity contribution is -0.140. The van der Waals surface area contributed by atoms with Crippen molar-refractivity contribution in [2.45, 2.75) is 0 Å². The lowest BCUT2D eigenvalue weighted by atomic mass is 10.2. The first kappa shape index (κ1) is 17.9. The summed E-state index contributed by atoms with van der Waals surface area (Å²) in [4.78, 5) is 36.0. The van der Waals surface area contributed by atoms with Crippen LogP contribution in [0.15, 0.2) is 24.3 Å². The molecule has 1 amide bonds. The molecule has 1 aliphatic heterocycles. The summed E-state index contributed by atoms with van der Waals surface area (Å²) < 4.78 is 15.0. The van der Waals surface area contributed by atoms with Crippen LogP contribution in [0.5, 0.6) is 11.5 Å². The molecule has 1 saturated heterocycles. The molecule has 1 aromatic carbocycles. The van der Waals surface area contributed by atoms with E-state index in [2.05, 4.69) is 4.74 Å². The molecule has 7 nitrogen and oxygen atoms in total. The number of hydrogen-bond acceptors (Lipinski definition) is 7. The van der Waals surface area contributed by atoms with E-state index in [0.29, 0.717) is 22.9 Å². The Morgan fingerprint density at radius 2 is 2.08 bits per heavy atom. The minimum absolute atomic E-state index is 0.0767. The summed E-state index contributed by atoms with van der Waals surface area (Å²) in [6.07, 6.45) is 2.83. The SMILES string of the molecule is COC(=O)/C=C/c1ccc(OC(=O)CN2CSCC2=O)c(OC)c1. The second kappa shape index (κ2) is 8.39. The summed E-state index contributed by atoms with van der Waals surface area (Å²) in [6, 6.07) is 4.86. The molecule has 1 fully saturated rings. The molecule has 0 saturated carbocycles. The third kappa shape index (κ3) is 4.76. The van der Waals surface area contributed by atoms with Gasteiger partial charge in [0.1, 0.15) is 6.54 Å². The molecule has 0 atom stereocenters. The van der Waals surface area contributed by atoms with Crippen molar-refractivity contribution in [2.75, 3.05) is 32.4 Å². The highest BCUT2D eigenvalue weighted by molar-refractivity contribution is 8.00. The van der Waals surface area contributed by atoms with Gasteiger partial charge in [0, 0.05) is 6.08 Å². The molecule has 0 radical (unpaired) electrons. The van der Waals surface area contributed by atoms with Crippen LogP contribution in [0.25, 0.3) is 6.08 Å². The molecule has 0 N–H and O–H groups in total. The number of carbonyl (C=O) groups is 3. The maximum Gasteiger partial charge on any atom is 0.331 e. The summed E-state index contributed by atoms with van der Waals surface area (Å²) in [5, 5.41) is 0. The molecule has 8 heteroatoms. The summed E-state index contributed by atoms with van der Waals surface area (Å²) in [6.45, 7) is -0.0982. The molecule has 0 unspecified atom stereocenters. The molecule has 2 rings (SSSR count). The van der Waals surface area contributed by atoms with Crippen LogP contribution in [-0.2, 0) is 19.1 Å². The van der Waals surface area contributed by atoms with E-state index in [1.807, 2.05) is 0 Å². The second-order valence-electron chi connectivity index (χ2n) is 4.81. The zero-order chi connectivity index (χ0) is 17.5. The Bertz CT molecular complexity index is 673. The van der Waals surface area contributed by atoms with Crippen molar-refractivity contribution in [3.63, 3.8) is 0 Å². The van der Waals surface area contributed by atoms with Crippen molar-refractivity contribution in [2.24, 2.45) is 0 Å². The quantitative estimate of drug-likeness (QED) is 0.434. The highest BCUT2D eigenvalue weighted by Crippen LogP contribution is 2.29. The van der Waals surface area contributed by atoms with Crippen LogP contribution in [-0.4, -0.2) is 55.1 Å². The van der Waals surface area contributed by atoms with Gasteiger partial charge in [0.2, 0.25) is 5.91 Å². The smallest absolute Gasteiger partial charge is 0.331 e. The van der Waals surface area contributed by atoms with Crippen LogP contribution in [0.3, 0.4) is 0 Å². The number of rotatable bonds is 6. The van der Waals surface area contributed by atoms with Crippen LogP contribution < -0.4 is 9.47 Å². The summed E-state index contributed by atoms with van der Waals surface area (Å²) in [7, 11) is 2.74. The number of thioether (sulfide) groups is 1. The van der Waals surface area contributed by atoms with Crippen LogP contribution in [0.1, 0.15) is 5.56 Å². The highest BCUT2D eigenvalue weighted by atomic mass is 32.2. The van der Waals surface area contributed by atoms with E-state index in [-0.39, 0.29) is 18.2 Å². The molecule has 1 aromatic rings. The van der Waals surface area contributed by atoms with Gasteiger partial charge in [0.15, 0.2) is 11.5 Å². The minimum atomic E-state index is -0.540. The van der Waals surface area contributed by atoms with Gasteiger partial charge in [0.05, 0.1) is 25.8 Å². The van der Waals surface area contributed by atoms with E-state index < -0.39 is 11.9 Å². The summed E-state index contributed by atoms with van der Waals surface area (Å²) >= 11 is 1.46. The van der Waals surface area contributed by atoms with Crippen LogP contribution in [0.2, 0.25) is 0 Å². The number of methoxy groups -OCH3 is 2. The predicted octanol–water partition coefficient (Wildman–Crippen LogP) is 1.32. The van der Waals surface area contributed by atoms with Crippen molar-refractivity contribution in [3.8, 4) is 11.5 Å². The Balaban J connectivity index is 2.04. The van der Waals surface area contributed by atoms with E-state index in [4.69, 9.17) is 9.47 Å². The molecular formula is C16H17NO6S. The normalized spacial score (nSPS) is 14.1. The molecule has 0 aromatic heterocycles. The Labute approximate surface area is 143 Å². The third-order valence-electron chi connectivity index (χ3n) is 3.17. The molecule has 0 bridgehead atoms. The Kier molecular flexibility index (Phi) is 6.25. The average molecular weight is 351 g/mol. The van der Waals surface area contributed by atoms with E-state index in [9.17, 15) is 14.4 Å². The third-order valence-corrected chi connectivity index (χ3v) is 4.12. The molecular weight excluding hydrogens is 334 g/mol. The number of benzene rings is 1. The van der Waals surface area contributed by atoms with Crippen molar-refractivity contribution in [3.05, 3.63) is 29.8 Å². The lowest BCUT2D eigenvalue weighted by Gasteiger charge is -2.14. The van der Waals surface area contributed by atoms with Crippen molar-refractivity contribution >= 4 is 35.7 Å². The highest BCUT2D eigenvalue weighted by Gasteiger charge is 2.24. The molecule has 128 valence electrons. The summed E-state index contributed by atoms with van der Waals surface area (Å²) in [5.74, 6) is 0.376. The monoisotopic (exact) mass is 351 g/mol. The van der Waals surface area contributed by atoms with Crippen molar-refractivity contribution in [1.29, 1.82) is 0 Å². The first-order chi connectivity index (χ1) is 11.5. The number of hydrogen-bond donors (Lipinski definition) is 0. The first-order valence-electron chi connectivity index (χ1n) is 7.03. The molecule has 0 aliphatic carbocycles. The number of ether oxygens (including phenoxy) is 3. The number of nitrogens with zero attached hydrogens (tertiary/aromatic N) is 1. The molecule has 24 heavy (non-hydrogen) atoms. The van der Waals surface area contributed by atoms with Crippen LogP contribution in [0.4, 0.5) is 0 Å². The Hall–Kier alpha value is -2.48. The fourth-order valence-corrected chi connectivity index (χ4v) is 2.86.